The van der Waals surface area contributed by atoms with Gasteiger partial charge < -0.3 is 4.74 Å². The van der Waals surface area contributed by atoms with Crippen LogP contribution in [0.5, 0.6) is 0 Å². The van der Waals surface area contributed by atoms with Gasteiger partial charge in [0.15, 0.2) is 5.78 Å². The number of nitrogens with zero attached hydrogens (tertiary/aromatic N) is 2. The number of ketones is 1. The maximum Gasteiger partial charge on any atom is 0.311 e. The molecule has 5 heteroatoms. The van der Waals surface area contributed by atoms with Crippen LogP contribution in [-0.2, 0) is 23.0 Å². The number of aromatic nitrogens is 2. The molecule has 0 unspecified atom stereocenters. The van der Waals surface area contributed by atoms with E-state index >= 15 is 0 Å². The summed E-state index contributed by atoms with van der Waals surface area (Å²) in [7, 11) is 3.00. The molecule has 0 aliphatic rings. The lowest BCUT2D eigenvalue weighted by Crippen LogP contribution is -2.11. The van der Waals surface area contributed by atoms with Gasteiger partial charge in [0.05, 0.1) is 31.0 Å². The number of Topliss-reactive ketones (excluding diaryl/α,β-unsaturated/α-hetero) is 1. The molecule has 0 N–H and O–H groups in total. The van der Waals surface area contributed by atoms with Gasteiger partial charge in [0, 0.05) is 7.05 Å². The summed E-state index contributed by atoms with van der Waals surface area (Å²) >= 11 is 0. The molecule has 0 fully saturated rings. The van der Waals surface area contributed by atoms with Gasteiger partial charge in [0.1, 0.15) is 0 Å². The van der Waals surface area contributed by atoms with Gasteiger partial charge in [-0.3, -0.25) is 14.3 Å². The average Bonchev–Trinajstić information content (AvgIpc) is 2.48. The number of hydrogen-bond donors (Lipinski definition) is 0. The largest absolute Gasteiger partial charge is 0.469 e. The minimum atomic E-state index is -0.379. The van der Waals surface area contributed by atoms with Crippen molar-refractivity contribution in [3.63, 3.8) is 0 Å². The minimum Gasteiger partial charge on any atom is -0.469 e. The Bertz CT molecular complexity index is 368. The van der Waals surface area contributed by atoms with Gasteiger partial charge in [0.2, 0.25) is 0 Å². The summed E-state index contributed by atoms with van der Waals surface area (Å²) in [5.41, 5.74) is 1.06. The van der Waals surface area contributed by atoms with Crippen molar-refractivity contribution in [1.82, 2.24) is 9.78 Å². The Morgan fingerprint density at radius 1 is 1.57 bits per heavy atom. The van der Waals surface area contributed by atoms with Gasteiger partial charge in [-0.05, 0) is 6.92 Å². The molecule has 0 saturated carbocycles. The third-order valence-corrected chi connectivity index (χ3v) is 1.98. The Labute approximate surface area is 81.7 Å². The summed E-state index contributed by atoms with van der Waals surface area (Å²) in [5.74, 6) is -0.479. The van der Waals surface area contributed by atoms with E-state index in [0.29, 0.717) is 11.3 Å². The molecule has 0 atom stereocenters. The molecule has 0 amide bonds. The van der Waals surface area contributed by atoms with Gasteiger partial charge in [0.25, 0.3) is 0 Å². The van der Waals surface area contributed by atoms with E-state index in [4.69, 9.17) is 0 Å². The second-order valence-corrected chi connectivity index (χ2v) is 2.94. The number of rotatable bonds is 3. The first-order valence-corrected chi connectivity index (χ1v) is 4.15. The summed E-state index contributed by atoms with van der Waals surface area (Å²) in [6.45, 7) is 1.44. The zero-order valence-electron chi connectivity index (χ0n) is 8.40. The predicted molar refractivity (Wildman–Crippen MR) is 48.9 cm³/mol. The highest BCUT2D eigenvalue weighted by atomic mass is 16.5. The van der Waals surface area contributed by atoms with Crippen molar-refractivity contribution in [1.29, 1.82) is 0 Å². The summed E-state index contributed by atoms with van der Waals surface area (Å²) in [5, 5.41) is 3.91. The smallest absolute Gasteiger partial charge is 0.311 e. The van der Waals surface area contributed by atoms with E-state index in [-0.39, 0.29) is 18.2 Å². The molecule has 0 radical (unpaired) electrons. The molecule has 0 spiro atoms. The van der Waals surface area contributed by atoms with Crippen LogP contribution >= 0.6 is 0 Å². The molecule has 0 aliphatic heterocycles. The van der Waals surface area contributed by atoms with Gasteiger partial charge >= 0.3 is 5.97 Å². The first kappa shape index (κ1) is 10.4. The molecule has 1 aromatic rings. The van der Waals surface area contributed by atoms with Crippen LogP contribution in [0.1, 0.15) is 23.0 Å². The monoisotopic (exact) mass is 196 g/mol. The lowest BCUT2D eigenvalue weighted by Gasteiger charge is -2.02. The fraction of sp³-hybridized carbons (Fsp3) is 0.444. The van der Waals surface area contributed by atoms with Gasteiger partial charge in [-0.1, -0.05) is 0 Å². The Hall–Kier alpha value is -1.65. The van der Waals surface area contributed by atoms with Crippen molar-refractivity contribution in [2.75, 3.05) is 7.11 Å². The molecule has 0 bridgehead atoms. The molecule has 76 valence electrons. The molecule has 0 aliphatic carbocycles. The van der Waals surface area contributed by atoms with E-state index in [1.807, 2.05) is 0 Å². The van der Waals surface area contributed by atoms with Crippen LogP contribution in [0.2, 0.25) is 0 Å². The molecule has 14 heavy (non-hydrogen) atoms. The minimum absolute atomic E-state index is 0.0713. The van der Waals surface area contributed by atoms with Gasteiger partial charge in [-0.25, -0.2) is 0 Å². The van der Waals surface area contributed by atoms with Crippen LogP contribution in [0.15, 0.2) is 6.20 Å². The van der Waals surface area contributed by atoms with Crippen molar-refractivity contribution in [2.24, 2.45) is 7.05 Å². The zero-order valence-corrected chi connectivity index (χ0v) is 8.40. The number of methoxy groups -OCH3 is 1. The Balaban J connectivity index is 2.99. The highest BCUT2D eigenvalue weighted by Gasteiger charge is 2.15. The standard InChI is InChI=1S/C9H12N2O3/c1-6(12)7-5-10-11(2)8(7)4-9(13)14-3/h5H,4H2,1-3H3. The summed E-state index contributed by atoms with van der Waals surface area (Å²) in [4.78, 5) is 22.2. The fourth-order valence-corrected chi connectivity index (χ4v) is 1.18. The SMILES string of the molecule is COC(=O)Cc1c(C(C)=O)cnn1C. The van der Waals surface area contributed by atoms with Crippen molar-refractivity contribution < 1.29 is 14.3 Å². The highest BCUT2D eigenvalue weighted by molar-refractivity contribution is 5.95. The maximum atomic E-state index is 11.1. The first-order valence-electron chi connectivity index (χ1n) is 4.15. The van der Waals surface area contributed by atoms with E-state index in [1.165, 1.54) is 24.9 Å². The van der Waals surface area contributed by atoms with Crippen LogP contribution in [-0.4, -0.2) is 28.6 Å². The molecule has 1 aromatic heterocycles. The van der Waals surface area contributed by atoms with Crippen LogP contribution in [0.25, 0.3) is 0 Å². The van der Waals surface area contributed by atoms with Crippen LogP contribution in [0.3, 0.4) is 0 Å². The lowest BCUT2D eigenvalue weighted by molar-refractivity contribution is -0.139. The molecule has 5 nitrogen and oxygen atoms in total. The molecule has 0 aromatic carbocycles. The summed E-state index contributed by atoms with van der Waals surface area (Å²) < 4.78 is 6.03. The van der Waals surface area contributed by atoms with Crippen LogP contribution in [0.4, 0.5) is 0 Å². The number of carbonyl (C=O) groups is 2. The Morgan fingerprint density at radius 2 is 2.21 bits per heavy atom. The van der Waals surface area contributed by atoms with Crippen molar-refractivity contribution in [3.8, 4) is 0 Å². The summed E-state index contributed by atoms with van der Waals surface area (Å²) in [6.07, 6.45) is 1.53. The third-order valence-electron chi connectivity index (χ3n) is 1.98. The Kier molecular flexibility index (Phi) is 3.01. The lowest BCUT2D eigenvalue weighted by atomic mass is 10.1. The van der Waals surface area contributed by atoms with E-state index in [9.17, 15) is 9.59 Å². The number of ether oxygens (including phenoxy) is 1. The number of aryl methyl sites for hydroxylation is 1. The first-order chi connectivity index (χ1) is 6.56. The molecule has 1 rings (SSSR count). The number of esters is 1. The van der Waals surface area contributed by atoms with Crippen LogP contribution in [0, 0.1) is 0 Å². The van der Waals surface area contributed by atoms with Crippen molar-refractivity contribution in [3.05, 3.63) is 17.5 Å². The Morgan fingerprint density at radius 3 is 2.71 bits per heavy atom. The number of carbonyl (C=O) groups excluding carboxylic acids is 2. The van der Waals surface area contributed by atoms with E-state index in [1.54, 1.807) is 7.05 Å². The van der Waals surface area contributed by atoms with E-state index in [2.05, 4.69) is 9.84 Å². The third kappa shape index (κ3) is 1.99. The summed E-state index contributed by atoms with van der Waals surface area (Å²) in [6, 6.07) is 0. The quantitative estimate of drug-likeness (QED) is 0.516. The average molecular weight is 196 g/mol. The van der Waals surface area contributed by atoms with Gasteiger partial charge in [-0.15, -0.1) is 0 Å². The predicted octanol–water partition coefficient (Wildman–Crippen LogP) is 0.338. The molecule has 0 saturated heterocycles. The maximum absolute atomic E-state index is 11.1. The van der Waals surface area contributed by atoms with E-state index in [0.717, 1.165) is 0 Å². The van der Waals surface area contributed by atoms with Crippen molar-refractivity contribution >= 4 is 11.8 Å². The number of hydrogen-bond acceptors (Lipinski definition) is 4. The molecular formula is C9H12N2O3. The van der Waals surface area contributed by atoms with Crippen LogP contribution < -0.4 is 0 Å². The fourth-order valence-electron chi connectivity index (χ4n) is 1.18. The van der Waals surface area contributed by atoms with E-state index < -0.39 is 0 Å². The zero-order chi connectivity index (χ0) is 10.7. The molecule has 1 heterocycles. The van der Waals surface area contributed by atoms with Crippen molar-refractivity contribution in [2.45, 2.75) is 13.3 Å². The van der Waals surface area contributed by atoms with Gasteiger partial charge in [-0.2, -0.15) is 5.10 Å². The topological polar surface area (TPSA) is 61.2 Å². The second kappa shape index (κ2) is 4.04. The normalized spacial score (nSPS) is 9.93. The highest BCUT2D eigenvalue weighted by Crippen LogP contribution is 2.09. The second-order valence-electron chi connectivity index (χ2n) is 2.94. The molecular weight excluding hydrogens is 184 g/mol.